The molecule has 2 rings (SSSR count). The summed E-state index contributed by atoms with van der Waals surface area (Å²) in [7, 11) is -3.37. The lowest BCUT2D eigenvalue weighted by molar-refractivity contribution is -0.133. The second kappa shape index (κ2) is 10.3. The summed E-state index contributed by atoms with van der Waals surface area (Å²) in [5.74, 6) is -0.412. The van der Waals surface area contributed by atoms with Crippen molar-refractivity contribution in [2.75, 3.05) is 18.8 Å². The van der Waals surface area contributed by atoms with E-state index < -0.39 is 9.84 Å². The average molecular weight is 393 g/mol. The molecule has 1 aliphatic rings. The predicted molar refractivity (Wildman–Crippen MR) is 106 cm³/mol. The Hall–Kier alpha value is -2.15. The van der Waals surface area contributed by atoms with Gasteiger partial charge in [-0.05, 0) is 31.2 Å². The summed E-state index contributed by atoms with van der Waals surface area (Å²) in [4.78, 5) is 26.1. The summed E-state index contributed by atoms with van der Waals surface area (Å²) in [6, 6.07) is 9.98. The van der Waals surface area contributed by atoms with Crippen molar-refractivity contribution in [1.29, 1.82) is 0 Å². The number of amides is 2. The van der Waals surface area contributed by atoms with Crippen molar-refractivity contribution < 1.29 is 18.0 Å². The monoisotopic (exact) mass is 392 g/mol. The molecular formula is C20H28N2O4S. The summed E-state index contributed by atoms with van der Waals surface area (Å²) in [5.41, 5.74) is 1.22. The number of carbonyl (C=O) groups excluding carboxylic acids is 2. The van der Waals surface area contributed by atoms with Gasteiger partial charge in [0.1, 0.15) is 0 Å². The van der Waals surface area contributed by atoms with Crippen LogP contribution in [0.25, 0.3) is 0 Å². The van der Waals surface area contributed by atoms with Gasteiger partial charge in [-0.2, -0.15) is 0 Å². The van der Waals surface area contributed by atoms with E-state index in [-0.39, 0.29) is 30.0 Å². The lowest BCUT2D eigenvalue weighted by atomic mass is 10.0. The summed E-state index contributed by atoms with van der Waals surface area (Å²) in [6.45, 7) is 4.30. The molecule has 148 valence electrons. The Bertz CT molecular complexity index is 747. The number of piperidine rings is 1. The number of carbonyl (C=O) groups is 2. The summed E-state index contributed by atoms with van der Waals surface area (Å²) in [5, 5.41) is 3.89. The number of hydrogen-bond donors (Lipinski definition) is 1. The van der Waals surface area contributed by atoms with Crippen LogP contribution in [0.5, 0.6) is 0 Å². The molecule has 1 heterocycles. The molecule has 1 fully saturated rings. The fraction of sp³-hybridized carbons (Fsp3) is 0.500. The van der Waals surface area contributed by atoms with Gasteiger partial charge in [-0.15, -0.1) is 0 Å². The topological polar surface area (TPSA) is 83.6 Å². The third kappa shape index (κ3) is 7.54. The van der Waals surface area contributed by atoms with Crippen LogP contribution in [-0.4, -0.2) is 50.0 Å². The van der Waals surface area contributed by atoms with Crippen molar-refractivity contribution in [1.82, 2.24) is 10.2 Å². The molecule has 0 radical (unpaired) electrons. The molecule has 6 nitrogen and oxygen atoms in total. The SMILES string of the molecule is C=CS(=O)(=O)CCC(=O)N1CCCC(NC(=O)CCCc2ccccc2)C1. The van der Waals surface area contributed by atoms with Crippen LogP contribution in [0.3, 0.4) is 0 Å². The lowest BCUT2D eigenvalue weighted by Crippen LogP contribution is -2.49. The molecule has 0 spiro atoms. The number of nitrogens with zero attached hydrogens (tertiary/aromatic N) is 1. The van der Waals surface area contributed by atoms with Crippen LogP contribution in [0.1, 0.15) is 37.7 Å². The highest BCUT2D eigenvalue weighted by molar-refractivity contribution is 7.94. The van der Waals surface area contributed by atoms with E-state index >= 15 is 0 Å². The van der Waals surface area contributed by atoms with Gasteiger partial charge in [0.15, 0.2) is 9.84 Å². The minimum absolute atomic E-state index is 0.000495. The van der Waals surface area contributed by atoms with E-state index in [9.17, 15) is 18.0 Å². The molecule has 1 saturated heterocycles. The van der Waals surface area contributed by atoms with Crippen LogP contribution >= 0.6 is 0 Å². The number of hydrogen-bond acceptors (Lipinski definition) is 4. The fourth-order valence-corrected chi connectivity index (χ4v) is 3.82. The highest BCUT2D eigenvalue weighted by atomic mass is 32.2. The Balaban J connectivity index is 1.72. The molecule has 0 aromatic heterocycles. The second-order valence-corrected chi connectivity index (χ2v) is 8.94. The first kappa shape index (κ1) is 21.2. The minimum Gasteiger partial charge on any atom is -0.352 e. The first-order chi connectivity index (χ1) is 12.9. The molecule has 1 aliphatic heterocycles. The van der Waals surface area contributed by atoms with Crippen molar-refractivity contribution >= 4 is 21.7 Å². The summed E-state index contributed by atoms with van der Waals surface area (Å²) >= 11 is 0. The van der Waals surface area contributed by atoms with Gasteiger partial charge in [0.2, 0.25) is 11.8 Å². The number of benzene rings is 1. The van der Waals surface area contributed by atoms with Crippen LogP contribution in [0.2, 0.25) is 0 Å². The molecule has 1 atom stereocenters. The van der Waals surface area contributed by atoms with E-state index in [0.717, 1.165) is 31.1 Å². The number of aryl methyl sites for hydroxylation is 1. The van der Waals surface area contributed by atoms with Crippen LogP contribution < -0.4 is 5.32 Å². The highest BCUT2D eigenvalue weighted by Gasteiger charge is 2.25. The third-order valence-corrected chi connectivity index (χ3v) is 5.99. The quantitative estimate of drug-likeness (QED) is 0.697. The Labute approximate surface area is 161 Å². The molecule has 2 amide bonds. The maximum atomic E-state index is 12.2. The number of rotatable bonds is 9. The number of sulfone groups is 1. The average Bonchev–Trinajstić information content (AvgIpc) is 2.67. The van der Waals surface area contributed by atoms with Crippen molar-refractivity contribution in [3.05, 3.63) is 47.9 Å². The van der Waals surface area contributed by atoms with Crippen LogP contribution in [0.15, 0.2) is 42.3 Å². The van der Waals surface area contributed by atoms with Gasteiger partial charge in [0.25, 0.3) is 0 Å². The van der Waals surface area contributed by atoms with Crippen LogP contribution in [-0.2, 0) is 25.8 Å². The summed E-state index contributed by atoms with van der Waals surface area (Å²) < 4.78 is 22.9. The Morgan fingerprint density at radius 2 is 1.96 bits per heavy atom. The van der Waals surface area contributed by atoms with Gasteiger partial charge in [0, 0.05) is 37.4 Å². The molecule has 7 heteroatoms. The zero-order valence-corrected chi connectivity index (χ0v) is 16.4. The summed E-state index contributed by atoms with van der Waals surface area (Å²) in [6.07, 6.45) is 3.68. The largest absolute Gasteiger partial charge is 0.352 e. The van der Waals surface area contributed by atoms with Crippen molar-refractivity contribution in [2.24, 2.45) is 0 Å². The Kier molecular flexibility index (Phi) is 8.03. The number of nitrogens with one attached hydrogen (secondary N) is 1. The van der Waals surface area contributed by atoms with Gasteiger partial charge < -0.3 is 10.2 Å². The zero-order valence-electron chi connectivity index (χ0n) is 15.6. The smallest absolute Gasteiger partial charge is 0.223 e. The first-order valence-corrected chi connectivity index (χ1v) is 11.1. The zero-order chi connectivity index (χ0) is 19.7. The van der Waals surface area contributed by atoms with Gasteiger partial charge in [0.05, 0.1) is 5.75 Å². The van der Waals surface area contributed by atoms with E-state index in [1.165, 1.54) is 5.56 Å². The maximum absolute atomic E-state index is 12.2. The number of likely N-dealkylation sites (tertiary alicyclic amines) is 1. The van der Waals surface area contributed by atoms with Crippen LogP contribution in [0, 0.1) is 0 Å². The molecule has 1 N–H and O–H groups in total. The highest BCUT2D eigenvalue weighted by Crippen LogP contribution is 2.13. The molecule has 27 heavy (non-hydrogen) atoms. The molecule has 1 aromatic rings. The normalized spacial score (nSPS) is 17.3. The van der Waals surface area contributed by atoms with E-state index in [2.05, 4.69) is 24.0 Å². The fourth-order valence-electron chi connectivity index (χ4n) is 3.19. The molecule has 0 saturated carbocycles. The molecular weight excluding hydrogens is 364 g/mol. The van der Waals surface area contributed by atoms with Gasteiger partial charge in [-0.3, -0.25) is 9.59 Å². The van der Waals surface area contributed by atoms with E-state index in [1.807, 2.05) is 18.2 Å². The minimum atomic E-state index is -3.37. The standard InChI is InChI=1S/C20H28N2O4S/c1-2-27(25,26)15-13-20(24)22-14-7-11-18(16-22)21-19(23)12-6-10-17-8-4-3-5-9-17/h2-5,8-9,18H,1,6-7,10-16H2,(H,21,23). The van der Waals surface area contributed by atoms with Crippen molar-refractivity contribution in [3.8, 4) is 0 Å². The van der Waals surface area contributed by atoms with Crippen LogP contribution in [0.4, 0.5) is 0 Å². The van der Waals surface area contributed by atoms with Gasteiger partial charge in [-0.1, -0.05) is 36.9 Å². The molecule has 1 aromatic carbocycles. The van der Waals surface area contributed by atoms with E-state index in [1.54, 1.807) is 4.90 Å². The van der Waals surface area contributed by atoms with Gasteiger partial charge in [-0.25, -0.2) is 8.42 Å². The van der Waals surface area contributed by atoms with Crippen molar-refractivity contribution in [2.45, 2.75) is 44.6 Å². The first-order valence-electron chi connectivity index (χ1n) is 9.36. The molecule has 0 aliphatic carbocycles. The van der Waals surface area contributed by atoms with Gasteiger partial charge >= 0.3 is 0 Å². The Morgan fingerprint density at radius 1 is 1.22 bits per heavy atom. The lowest BCUT2D eigenvalue weighted by Gasteiger charge is -2.33. The third-order valence-electron chi connectivity index (χ3n) is 4.71. The van der Waals surface area contributed by atoms with E-state index in [0.29, 0.717) is 19.5 Å². The maximum Gasteiger partial charge on any atom is 0.223 e. The molecule has 0 bridgehead atoms. The van der Waals surface area contributed by atoms with Crippen molar-refractivity contribution in [3.63, 3.8) is 0 Å². The predicted octanol–water partition coefficient (Wildman–Crippen LogP) is 2.06. The van der Waals surface area contributed by atoms with E-state index in [4.69, 9.17) is 0 Å². The second-order valence-electron chi connectivity index (χ2n) is 6.87. The molecule has 1 unspecified atom stereocenters. The Morgan fingerprint density at radius 3 is 2.67 bits per heavy atom.